The van der Waals surface area contributed by atoms with Gasteiger partial charge in [0.25, 0.3) is 0 Å². The summed E-state index contributed by atoms with van der Waals surface area (Å²) < 4.78 is 5.12. The molecule has 0 unspecified atom stereocenters. The molecule has 118 valence electrons. The van der Waals surface area contributed by atoms with Crippen LogP contribution in [0.1, 0.15) is 36.3 Å². The first-order valence-electron chi connectivity index (χ1n) is 7.71. The van der Waals surface area contributed by atoms with E-state index in [0.717, 1.165) is 36.7 Å². The van der Waals surface area contributed by atoms with E-state index in [4.69, 9.17) is 4.52 Å². The minimum atomic E-state index is -0.0491. The van der Waals surface area contributed by atoms with Crippen molar-refractivity contribution in [3.05, 3.63) is 17.0 Å². The molecule has 0 atom stereocenters. The van der Waals surface area contributed by atoms with Crippen LogP contribution in [0.5, 0.6) is 0 Å². The number of hydrogen-bond acceptors (Lipinski definition) is 4. The fourth-order valence-corrected chi connectivity index (χ4v) is 2.68. The van der Waals surface area contributed by atoms with Crippen molar-refractivity contribution in [3.8, 4) is 0 Å². The lowest BCUT2D eigenvalue weighted by molar-refractivity contribution is 0.198. The first-order chi connectivity index (χ1) is 10.1. The topological polar surface area (TPSA) is 61.6 Å². The van der Waals surface area contributed by atoms with Gasteiger partial charge in [-0.05, 0) is 39.8 Å². The van der Waals surface area contributed by atoms with Crippen LogP contribution >= 0.6 is 0 Å². The van der Waals surface area contributed by atoms with Gasteiger partial charge in [-0.2, -0.15) is 0 Å². The minimum absolute atomic E-state index is 0.0491. The molecule has 2 rings (SSSR count). The first-order valence-corrected chi connectivity index (χ1v) is 7.71. The second-order valence-corrected chi connectivity index (χ2v) is 5.79. The number of aryl methyl sites for hydroxylation is 2. The van der Waals surface area contributed by atoms with Gasteiger partial charge in [-0.25, -0.2) is 4.79 Å². The van der Waals surface area contributed by atoms with E-state index in [9.17, 15) is 4.79 Å². The van der Waals surface area contributed by atoms with E-state index in [0.29, 0.717) is 13.1 Å². The maximum Gasteiger partial charge on any atom is 0.317 e. The summed E-state index contributed by atoms with van der Waals surface area (Å²) >= 11 is 0. The maximum atomic E-state index is 12.1. The number of nitrogens with one attached hydrogen (secondary N) is 1. The highest BCUT2D eigenvalue weighted by molar-refractivity contribution is 5.73. The average molecular weight is 294 g/mol. The molecular weight excluding hydrogens is 268 g/mol. The Morgan fingerprint density at radius 1 is 1.33 bits per heavy atom. The van der Waals surface area contributed by atoms with Crippen LogP contribution in [0.25, 0.3) is 0 Å². The molecule has 1 saturated heterocycles. The van der Waals surface area contributed by atoms with Crippen LogP contribution < -0.4 is 5.32 Å². The van der Waals surface area contributed by atoms with Crippen molar-refractivity contribution in [2.45, 2.75) is 39.7 Å². The normalized spacial score (nSPS) is 16.0. The molecule has 6 heteroatoms. The number of amides is 2. The Morgan fingerprint density at radius 3 is 2.67 bits per heavy atom. The Morgan fingerprint density at radius 2 is 2.05 bits per heavy atom. The van der Waals surface area contributed by atoms with E-state index in [2.05, 4.69) is 15.4 Å². The molecule has 0 saturated carbocycles. The van der Waals surface area contributed by atoms with Gasteiger partial charge >= 0.3 is 6.03 Å². The van der Waals surface area contributed by atoms with Crippen LogP contribution in [0.2, 0.25) is 0 Å². The molecule has 21 heavy (non-hydrogen) atoms. The molecule has 1 aromatic rings. The smallest absolute Gasteiger partial charge is 0.317 e. The van der Waals surface area contributed by atoms with Gasteiger partial charge in [0.15, 0.2) is 0 Å². The summed E-state index contributed by atoms with van der Waals surface area (Å²) in [6.07, 6.45) is 3.89. The fourth-order valence-electron chi connectivity index (χ4n) is 2.68. The average Bonchev–Trinajstić information content (AvgIpc) is 2.80. The van der Waals surface area contributed by atoms with E-state index in [-0.39, 0.29) is 6.03 Å². The van der Waals surface area contributed by atoms with Crippen LogP contribution in [-0.2, 0) is 6.54 Å². The number of piperidine rings is 1. The van der Waals surface area contributed by atoms with Gasteiger partial charge in [-0.15, -0.1) is 0 Å². The van der Waals surface area contributed by atoms with Crippen molar-refractivity contribution in [2.75, 3.05) is 33.2 Å². The zero-order valence-corrected chi connectivity index (χ0v) is 13.3. The number of aromatic nitrogens is 1. The molecule has 6 nitrogen and oxygen atoms in total. The third-order valence-corrected chi connectivity index (χ3v) is 4.08. The lowest BCUT2D eigenvalue weighted by Gasteiger charge is -2.26. The monoisotopic (exact) mass is 294 g/mol. The summed E-state index contributed by atoms with van der Waals surface area (Å²) in [5, 5.41) is 6.89. The molecule has 0 aliphatic carbocycles. The number of carbonyl (C=O) groups is 1. The zero-order valence-electron chi connectivity index (χ0n) is 13.3. The van der Waals surface area contributed by atoms with E-state index >= 15 is 0 Å². The Bertz CT molecular complexity index is 447. The maximum absolute atomic E-state index is 12.1. The Kier molecular flexibility index (Phi) is 5.61. The SMILES string of the molecule is Cc1noc(C)c1CN(C)C(=O)NCCN1CCCCC1. The third kappa shape index (κ3) is 4.46. The molecule has 0 aromatic carbocycles. The fraction of sp³-hybridized carbons (Fsp3) is 0.733. The van der Waals surface area contributed by atoms with Crippen molar-refractivity contribution >= 4 is 6.03 Å². The molecule has 0 spiro atoms. The summed E-state index contributed by atoms with van der Waals surface area (Å²) in [4.78, 5) is 16.2. The predicted octanol–water partition coefficient (Wildman–Crippen LogP) is 1.92. The second kappa shape index (κ2) is 7.45. The van der Waals surface area contributed by atoms with Crippen LogP contribution in [0, 0.1) is 13.8 Å². The summed E-state index contributed by atoms with van der Waals surface area (Å²) in [5.41, 5.74) is 1.84. The summed E-state index contributed by atoms with van der Waals surface area (Å²) in [7, 11) is 1.79. The Balaban J connectivity index is 1.72. The molecule has 2 amide bonds. The molecule has 0 bridgehead atoms. The van der Waals surface area contributed by atoms with Gasteiger partial charge < -0.3 is 19.6 Å². The highest BCUT2D eigenvalue weighted by atomic mass is 16.5. The summed E-state index contributed by atoms with van der Waals surface area (Å²) in [5.74, 6) is 0.778. The van der Waals surface area contributed by atoms with Crippen molar-refractivity contribution in [1.82, 2.24) is 20.3 Å². The Labute approximate surface area is 126 Å². The molecule has 1 aromatic heterocycles. The molecule has 1 aliphatic heterocycles. The Hall–Kier alpha value is -1.56. The standard InChI is InChI=1S/C15H26N4O2/c1-12-14(13(2)21-17-12)11-18(3)15(20)16-7-10-19-8-5-4-6-9-19/h4-11H2,1-3H3,(H,16,20). The van der Waals surface area contributed by atoms with Crippen LogP contribution in [0.15, 0.2) is 4.52 Å². The van der Waals surface area contributed by atoms with Gasteiger partial charge in [0.1, 0.15) is 5.76 Å². The summed E-state index contributed by atoms with van der Waals surface area (Å²) in [6, 6.07) is -0.0491. The number of urea groups is 1. The van der Waals surface area contributed by atoms with Crippen molar-refractivity contribution in [2.24, 2.45) is 0 Å². The molecule has 1 N–H and O–H groups in total. The lowest BCUT2D eigenvalue weighted by atomic mass is 10.1. The highest BCUT2D eigenvalue weighted by Crippen LogP contribution is 2.14. The largest absolute Gasteiger partial charge is 0.361 e. The molecule has 2 heterocycles. The number of hydrogen-bond donors (Lipinski definition) is 1. The van der Waals surface area contributed by atoms with E-state index in [1.54, 1.807) is 11.9 Å². The minimum Gasteiger partial charge on any atom is -0.361 e. The van der Waals surface area contributed by atoms with Crippen LogP contribution in [0.4, 0.5) is 4.79 Å². The number of carbonyl (C=O) groups excluding carboxylic acids is 1. The quantitative estimate of drug-likeness (QED) is 0.901. The van der Waals surface area contributed by atoms with E-state index in [1.165, 1.54) is 19.3 Å². The molecule has 0 radical (unpaired) electrons. The first kappa shape index (κ1) is 15.8. The molecular formula is C15H26N4O2. The van der Waals surface area contributed by atoms with Gasteiger partial charge in [-0.1, -0.05) is 11.6 Å². The number of rotatable bonds is 5. The van der Waals surface area contributed by atoms with Gasteiger partial charge in [0.2, 0.25) is 0 Å². The zero-order chi connectivity index (χ0) is 15.2. The van der Waals surface area contributed by atoms with Crippen molar-refractivity contribution in [3.63, 3.8) is 0 Å². The van der Waals surface area contributed by atoms with Gasteiger partial charge in [0.05, 0.1) is 12.2 Å². The third-order valence-electron chi connectivity index (χ3n) is 4.08. The van der Waals surface area contributed by atoms with E-state index < -0.39 is 0 Å². The second-order valence-electron chi connectivity index (χ2n) is 5.79. The number of nitrogens with zero attached hydrogens (tertiary/aromatic N) is 3. The van der Waals surface area contributed by atoms with Crippen LogP contribution in [0.3, 0.4) is 0 Å². The van der Waals surface area contributed by atoms with Crippen LogP contribution in [-0.4, -0.2) is 54.2 Å². The van der Waals surface area contributed by atoms with Crippen molar-refractivity contribution < 1.29 is 9.32 Å². The lowest BCUT2D eigenvalue weighted by Crippen LogP contribution is -2.42. The highest BCUT2D eigenvalue weighted by Gasteiger charge is 2.15. The van der Waals surface area contributed by atoms with Crippen molar-refractivity contribution in [1.29, 1.82) is 0 Å². The van der Waals surface area contributed by atoms with Gasteiger partial charge in [0, 0.05) is 25.7 Å². The molecule has 1 fully saturated rings. The molecule has 1 aliphatic rings. The predicted molar refractivity (Wildman–Crippen MR) is 81.1 cm³/mol. The number of likely N-dealkylation sites (tertiary alicyclic amines) is 1. The van der Waals surface area contributed by atoms with E-state index in [1.807, 2.05) is 13.8 Å². The van der Waals surface area contributed by atoms with Gasteiger partial charge in [-0.3, -0.25) is 0 Å². The summed E-state index contributed by atoms with van der Waals surface area (Å²) in [6.45, 7) is 8.24.